The van der Waals surface area contributed by atoms with E-state index in [-0.39, 0.29) is 71.3 Å². The molecule has 0 saturated carbocycles. The van der Waals surface area contributed by atoms with Gasteiger partial charge in [-0.2, -0.15) is 9.80 Å². The van der Waals surface area contributed by atoms with Crippen LogP contribution in [0.1, 0.15) is 110 Å². The van der Waals surface area contributed by atoms with Gasteiger partial charge >= 0.3 is 12.2 Å². The summed E-state index contributed by atoms with van der Waals surface area (Å²) in [5.74, 6) is -0.581. The van der Waals surface area contributed by atoms with E-state index in [1.165, 1.54) is 6.92 Å². The van der Waals surface area contributed by atoms with Crippen LogP contribution in [0.25, 0.3) is 0 Å². The predicted octanol–water partition coefficient (Wildman–Crippen LogP) is 6.23. The van der Waals surface area contributed by atoms with Crippen LogP contribution in [0.4, 0.5) is 9.59 Å². The number of nitrogens with zero attached hydrogens (tertiary/aromatic N) is 2. The van der Waals surface area contributed by atoms with Crippen molar-refractivity contribution in [2.24, 2.45) is 0 Å². The number of ketones is 1. The van der Waals surface area contributed by atoms with Crippen molar-refractivity contribution in [1.82, 2.24) is 9.80 Å². The minimum absolute atomic E-state index is 0.0505. The first-order valence-electron chi connectivity index (χ1n) is 20.5. The summed E-state index contributed by atoms with van der Waals surface area (Å²) in [6, 6.07) is 13.8. The highest BCUT2D eigenvalue weighted by atomic mass is 79.9. The Kier molecular flexibility index (Phi) is 22.0. The molecule has 2 fully saturated rings. The van der Waals surface area contributed by atoms with Crippen molar-refractivity contribution in [3.63, 3.8) is 0 Å². The van der Waals surface area contributed by atoms with Gasteiger partial charge in [-0.05, 0) is 109 Å². The molecule has 3 unspecified atom stereocenters. The Morgan fingerprint density at radius 2 is 1.03 bits per heavy atom. The van der Waals surface area contributed by atoms with Crippen LogP contribution < -0.4 is 9.47 Å². The lowest BCUT2D eigenvalue weighted by atomic mass is 9.89. The lowest BCUT2D eigenvalue weighted by molar-refractivity contribution is -0.149. The van der Waals surface area contributed by atoms with Crippen molar-refractivity contribution in [3.8, 4) is 11.5 Å². The molecule has 17 nitrogen and oxygen atoms in total. The minimum Gasteiger partial charge on any atom is -0.491 e. The van der Waals surface area contributed by atoms with E-state index < -0.39 is 64.5 Å². The summed E-state index contributed by atoms with van der Waals surface area (Å²) < 4.78 is 32.0. The summed E-state index contributed by atoms with van der Waals surface area (Å²) in [7, 11) is 0. The van der Waals surface area contributed by atoms with E-state index in [2.05, 4.69) is 15.9 Å². The van der Waals surface area contributed by atoms with Crippen molar-refractivity contribution in [3.05, 3.63) is 59.7 Å². The third kappa shape index (κ3) is 18.9. The molecule has 0 aromatic heterocycles. The van der Waals surface area contributed by atoms with Crippen LogP contribution in [-0.4, -0.2) is 130 Å². The van der Waals surface area contributed by atoms with Gasteiger partial charge < -0.3 is 38.6 Å². The Balaban J connectivity index is 0.000000419. The first kappa shape index (κ1) is 54.4. The van der Waals surface area contributed by atoms with Gasteiger partial charge in [0.25, 0.3) is 0 Å². The van der Waals surface area contributed by atoms with Gasteiger partial charge in [0, 0.05) is 25.9 Å². The Morgan fingerprint density at radius 3 is 1.38 bits per heavy atom. The maximum atomic E-state index is 12.8. The monoisotopic (exact) mass is 950 g/mol. The van der Waals surface area contributed by atoms with Gasteiger partial charge in [-0.3, -0.25) is 24.0 Å². The predicted molar refractivity (Wildman–Crippen MR) is 233 cm³/mol. The number of carbonyl (C=O) groups excluding carboxylic acids is 7. The molecule has 0 radical (unpaired) electrons. The second-order valence-electron chi connectivity index (χ2n) is 16.9. The lowest BCUT2D eigenvalue weighted by Gasteiger charge is -2.31. The summed E-state index contributed by atoms with van der Waals surface area (Å²) in [5.41, 5.74) is -1.34. The van der Waals surface area contributed by atoms with E-state index in [0.717, 1.165) is 0 Å². The Morgan fingerprint density at radius 1 is 0.651 bits per heavy atom. The number of halogens is 1. The Bertz CT molecular complexity index is 1840. The number of alkyl halides is 1. The van der Waals surface area contributed by atoms with Crippen molar-refractivity contribution in [1.29, 1.82) is 0 Å². The van der Waals surface area contributed by atoms with Gasteiger partial charge in [0.05, 0.1) is 37.3 Å². The molecular weight excluding hydrogens is 888 g/mol. The molecule has 6 amide bonds. The highest BCUT2D eigenvalue weighted by molar-refractivity contribution is 9.08. The topological polar surface area (TPSA) is 222 Å². The third-order valence-electron chi connectivity index (χ3n) is 8.91. The Labute approximate surface area is 377 Å². The van der Waals surface area contributed by atoms with Gasteiger partial charge in [0.15, 0.2) is 5.78 Å². The van der Waals surface area contributed by atoms with Gasteiger partial charge in [-0.15, -0.1) is 0 Å². The highest BCUT2D eigenvalue weighted by Crippen LogP contribution is 2.32. The zero-order valence-corrected chi connectivity index (χ0v) is 39.3. The fraction of sp³-hybridized carbons (Fsp3) is 0.578. The Hall–Kier alpha value is -4.75. The number of aliphatic hydroxyl groups is 2. The summed E-state index contributed by atoms with van der Waals surface area (Å²) in [6.07, 6.45) is -0.856. The van der Waals surface area contributed by atoms with Gasteiger partial charge in [0.2, 0.25) is 23.6 Å². The standard InChI is InChI=1S/C23H33NO8.C21H27NO7.CH3Br/c1-22(2,3)32-21(28)24-19(26)10-9-18(20(24)27)16-5-7-17(8-6-16)31-14-13-30-15-23(4,29)11-12-25;1-14(23)13-27-11-12-28-16-7-5-15(6-8-16)17-9-10-18(24)22(19(17)25)20(26)29-21(2,3)4;1-2/h5-8,18,25,29H,9-15H2,1-4H3;5-8,17H,9-13H2,1-4H3;1H3. The van der Waals surface area contributed by atoms with Crippen LogP contribution >= 0.6 is 15.9 Å². The van der Waals surface area contributed by atoms with Crippen molar-refractivity contribution in [2.45, 2.75) is 116 Å². The minimum atomic E-state index is -1.09. The number of likely N-dealkylation sites (tertiary alicyclic amines) is 2. The maximum absolute atomic E-state index is 12.8. The van der Waals surface area contributed by atoms with Crippen LogP contribution in [0.15, 0.2) is 48.5 Å². The number of ether oxygens (including phenoxy) is 6. The van der Waals surface area contributed by atoms with E-state index >= 15 is 0 Å². The van der Waals surface area contributed by atoms with Gasteiger partial charge in [-0.1, -0.05) is 40.2 Å². The highest BCUT2D eigenvalue weighted by Gasteiger charge is 2.42. The van der Waals surface area contributed by atoms with Crippen molar-refractivity contribution >= 4 is 57.5 Å². The molecule has 3 atom stereocenters. The number of rotatable bonds is 16. The van der Waals surface area contributed by atoms with Crippen LogP contribution in [0.5, 0.6) is 11.5 Å². The van der Waals surface area contributed by atoms with Crippen molar-refractivity contribution in [2.75, 3.05) is 52.1 Å². The summed E-state index contributed by atoms with van der Waals surface area (Å²) >= 11 is 2.94. The molecule has 350 valence electrons. The largest absolute Gasteiger partial charge is 0.491 e. The number of benzene rings is 2. The maximum Gasteiger partial charge on any atom is 0.424 e. The molecule has 0 bridgehead atoms. The number of piperidine rings is 2. The van der Waals surface area contributed by atoms with Crippen molar-refractivity contribution < 1.29 is 72.2 Å². The molecule has 2 saturated heterocycles. The number of carbonyl (C=O) groups is 7. The first-order chi connectivity index (χ1) is 29.5. The van der Waals surface area contributed by atoms with Gasteiger partial charge in [0.1, 0.15) is 42.5 Å². The number of aliphatic hydroxyl groups excluding tert-OH is 1. The normalized spacial score (nSPS) is 17.7. The molecular formula is C45H63BrN2O15. The molecule has 2 heterocycles. The molecule has 0 spiro atoms. The number of imide groups is 6. The smallest absolute Gasteiger partial charge is 0.424 e. The van der Waals surface area contributed by atoms with Gasteiger partial charge in [-0.25, -0.2) is 9.59 Å². The van der Waals surface area contributed by atoms with E-state index in [4.69, 9.17) is 33.5 Å². The van der Waals surface area contributed by atoms with Crippen LogP contribution in [-0.2, 0) is 42.9 Å². The second kappa shape index (κ2) is 25.5. The molecule has 63 heavy (non-hydrogen) atoms. The average Bonchev–Trinajstić information content (AvgIpc) is 3.18. The zero-order valence-electron chi connectivity index (χ0n) is 37.7. The fourth-order valence-electron chi connectivity index (χ4n) is 6.03. The summed E-state index contributed by atoms with van der Waals surface area (Å²) in [6.45, 7) is 14.2. The number of hydrogen-bond acceptors (Lipinski definition) is 15. The molecule has 4 rings (SSSR count). The van der Waals surface area contributed by atoms with Crippen LogP contribution in [0.3, 0.4) is 0 Å². The molecule has 2 aromatic rings. The zero-order chi connectivity index (χ0) is 47.5. The van der Waals surface area contributed by atoms with E-state index in [0.29, 0.717) is 45.3 Å². The van der Waals surface area contributed by atoms with Crippen LogP contribution in [0, 0.1) is 0 Å². The van der Waals surface area contributed by atoms with E-state index in [1.54, 1.807) is 97.0 Å². The number of hydrogen-bond donors (Lipinski definition) is 2. The van der Waals surface area contributed by atoms with E-state index in [9.17, 15) is 38.7 Å². The number of Topliss-reactive ketones (excluding diaryl/α,β-unsaturated/α-hetero) is 1. The average molecular weight is 952 g/mol. The molecule has 2 aromatic carbocycles. The third-order valence-corrected chi connectivity index (χ3v) is 8.91. The second-order valence-corrected chi connectivity index (χ2v) is 16.9. The van der Waals surface area contributed by atoms with E-state index in [1.807, 2.05) is 5.83 Å². The summed E-state index contributed by atoms with van der Waals surface area (Å²) in [5, 5.41) is 18.8. The molecule has 18 heteroatoms. The first-order valence-corrected chi connectivity index (χ1v) is 22.1. The molecule has 2 aliphatic heterocycles. The SMILES string of the molecule is CBr.CC(=O)COCCOc1ccc(C2CCC(=O)N(C(=O)OC(C)(C)C)C2=O)cc1.CC(O)(CCO)COCCOc1ccc(C2CCC(=O)N(C(=O)OC(C)(C)C)C2=O)cc1. The molecule has 2 N–H and O–H groups in total. The fourth-order valence-corrected chi connectivity index (χ4v) is 6.03. The molecule has 0 aliphatic carbocycles. The summed E-state index contributed by atoms with van der Waals surface area (Å²) in [4.78, 5) is 86.6. The molecule has 2 aliphatic rings. The lowest BCUT2D eigenvalue weighted by Crippen LogP contribution is -2.49. The number of amides is 6. The van der Waals surface area contributed by atoms with Crippen LogP contribution in [0.2, 0.25) is 0 Å². The quantitative estimate of drug-likeness (QED) is 0.108.